The van der Waals surface area contributed by atoms with Crippen LogP contribution in [0.4, 0.5) is 0 Å². The highest BCUT2D eigenvalue weighted by atomic mass is 16.5. The van der Waals surface area contributed by atoms with Crippen LogP contribution in [0.2, 0.25) is 0 Å². The van der Waals surface area contributed by atoms with Gasteiger partial charge in [-0.2, -0.15) is 0 Å². The van der Waals surface area contributed by atoms with Crippen LogP contribution >= 0.6 is 0 Å². The van der Waals surface area contributed by atoms with Crippen LogP contribution in [0.1, 0.15) is 11.6 Å². The van der Waals surface area contributed by atoms with Crippen molar-refractivity contribution < 1.29 is 4.74 Å². The number of hydrogen-bond acceptors (Lipinski definition) is 2. The molecule has 0 aromatic heterocycles. The molecule has 0 aliphatic rings. The number of benzene rings is 2. The molecule has 0 aliphatic carbocycles. The van der Waals surface area contributed by atoms with Gasteiger partial charge in [-0.05, 0) is 16.8 Å². The van der Waals surface area contributed by atoms with Crippen LogP contribution in [0.3, 0.4) is 0 Å². The van der Waals surface area contributed by atoms with Crippen molar-refractivity contribution in [3.63, 3.8) is 0 Å². The van der Waals surface area contributed by atoms with Gasteiger partial charge in [0.25, 0.3) is 0 Å². The fourth-order valence-corrected chi connectivity index (χ4v) is 1.92. The van der Waals surface area contributed by atoms with E-state index in [2.05, 4.69) is 18.7 Å². The summed E-state index contributed by atoms with van der Waals surface area (Å²) >= 11 is 0. The summed E-state index contributed by atoms with van der Waals surface area (Å²) < 4.78 is 5.35. The molecule has 0 saturated carbocycles. The Hall–Kier alpha value is -1.80. The van der Waals surface area contributed by atoms with Crippen LogP contribution in [0.5, 0.6) is 5.75 Å². The maximum absolute atomic E-state index is 6.04. The smallest absolute Gasteiger partial charge is 0.124 e. The van der Waals surface area contributed by atoms with E-state index in [-0.39, 0.29) is 6.04 Å². The first-order valence-electron chi connectivity index (χ1n) is 5.21. The zero-order chi connectivity index (χ0) is 11.5. The first kappa shape index (κ1) is 10.7. The van der Waals surface area contributed by atoms with E-state index in [4.69, 9.17) is 10.5 Å². The average Bonchev–Trinajstić information content (AvgIpc) is 2.36. The van der Waals surface area contributed by atoms with Gasteiger partial charge < -0.3 is 10.5 Å². The SMILES string of the molecule is C=C[C@@H](N)c1c(OC)ccc2ccccc12. The molecule has 0 spiro atoms. The number of rotatable bonds is 3. The normalized spacial score (nSPS) is 12.4. The predicted molar refractivity (Wildman–Crippen MR) is 67.6 cm³/mol. The van der Waals surface area contributed by atoms with Gasteiger partial charge in [-0.25, -0.2) is 0 Å². The van der Waals surface area contributed by atoms with Crippen LogP contribution in [-0.4, -0.2) is 7.11 Å². The summed E-state index contributed by atoms with van der Waals surface area (Å²) in [6.07, 6.45) is 1.73. The number of nitrogens with two attached hydrogens (primary N) is 1. The zero-order valence-electron chi connectivity index (χ0n) is 9.31. The Bertz CT molecular complexity index is 519. The van der Waals surface area contributed by atoms with E-state index in [1.807, 2.05) is 24.3 Å². The summed E-state index contributed by atoms with van der Waals surface area (Å²) in [5, 5.41) is 2.28. The van der Waals surface area contributed by atoms with E-state index < -0.39 is 0 Å². The second kappa shape index (κ2) is 4.37. The molecule has 16 heavy (non-hydrogen) atoms. The van der Waals surface area contributed by atoms with Gasteiger partial charge in [0, 0.05) is 5.56 Å². The molecular weight excluding hydrogens is 198 g/mol. The Balaban J connectivity index is 2.77. The Morgan fingerprint density at radius 3 is 2.69 bits per heavy atom. The number of ether oxygens (including phenoxy) is 1. The third-order valence-corrected chi connectivity index (χ3v) is 2.74. The summed E-state index contributed by atoms with van der Waals surface area (Å²) in [4.78, 5) is 0. The molecule has 0 radical (unpaired) electrons. The summed E-state index contributed by atoms with van der Waals surface area (Å²) in [6, 6.07) is 11.9. The standard InChI is InChI=1S/C14H15NO/c1-3-12(15)14-11-7-5-4-6-10(11)8-9-13(14)16-2/h3-9,12H,1,15H2,2H3/t12-/m1/s1. The lowest BCUT2D eigenvalue weighted by Crippen LogP contribution is -2.09. The Morgan fingerprint density at radius 1 is 1.25 bits per heavy atom. The van der Waals surface area contributed by atoms with Gasteiger partial charge in [-0.15, -0.1) is 6.58 Å². The average molecular weight is 213 g/mol. The molecule has 2 aromatic carbocycles. The Kier molecular flexibility index (Phi) is 2.93. The molecule has 2 heteroatoms. The number of fused-ring (bicyclic) bond motifs is 1. The number of methoxy groups -OCH3 is 1. The van der Waals surface area contributed by atoms with Crippen molar-refractivity contribution in [2.24, 2.45) is 5.73 Å². The van der Waals surface area contributed by atoms with Gasteiger partial charge in [-0.3, -0.25) is 0 Å². The molecule has 0 unspecified atom stereocenters. The van der Waals surface area contributed by atoms with Gasteiger partial charge in [0.15, 0.2) is 0 Å². The lowest BCUT2D eigenvalue weighted by Gasteiger charge is -2.15. The minimum Gasteiger partial charge on any atom is -0.496 e. The van der Waals surface area contributed by atoms with E-state index in [1.54, 1.807) is 13.2 Å². The molecular formula is C14H15NO. The minimum absolute atomic E-state index is 0.207. The van der Waals surface area contributed by atoms with Crippen LogP contribution in [0, 0.1) is 0 Å². The maximum Gasteiger partial charge on any atom is 0.124 e. The van der Waals surface area contributed by atoms with Gasteiger partial charge in [0.2, 0.25) is 0 Å². The highest BCUT2D eigenvalue weighted by molar-refractivity contribution is 5.88. The topological polar surface area (TPSA) is 35.2 Å². The molecule has 2 aromatic rings. The third-order valence-electron chi connectivity index (χ3n) is 2.74. The molecule has 0 bridgehead atoms. The van der Waals surface area contributed by atoms with Crippen LogP contribution in [0.15, 0.2) is 49.1 Å². The summed E-state index contributed by atoms with van der Waals surface area (Å²) in [7, 11) is 1.66. The largest absolute Gasteiger partial charge is 0.496 e. The predicted octanol–water partition coefficient (Wildman–Crippen LogP) is 3.03. The molecule has 0 amide bonds. The van der Waals surface area contributed by atoms with Gasteiger partial charge in [0.05, 0.1) is 13.2 Å². The highest BCUT2D eigenvalue weighted by Crippen LogP contribution is 2.32. The first-order valence-corrected chi connectivity index (χ1v) is 5.21. The fraction of sp³-hybridized carbons (Fsp3) is 0.143. The lowest BCUT2D eigenvalue weighted by molar-refractivity contribution is 0.409. The fourth-order valence-electron chi connectivity index (χ4n) is 1.92. The second-order valence-electron chi connectivity index (χ2n) is 3.66. The van der Waals surface area contributed by atoms with Crippen molar-refractivity contribution in [1.82, 2.24) is 0 Å². The van der Waals surface area contributed by atoms with Crippen LogP contribution in [-0.2, 0) is 0 Å². The number of hydrogen-bond donors (Lipinski definition) is 1. The van der Waals surface area contributed by atoms with E-state index in [9.17, 15) is 0 Å². The van der Waals surface area contributed by atoms with Crippen molar-refractivity contribution in [3.05, 3.63) is 54.6 Å². The molecule has 82 valence electrons. The van der Waals surface area contributed by atoms with Crippen LogP contribution in [0.25, 0.3) is 10.8 Å². The summed E-state index contributed by atoms with van der Waals surface area (Å²) in [5.74, 6) is 0.811. The molecule has 0 aliphatic heterocycles. The maximum atomic E-state index is 6.04. The lowest BCUT2D eigenvalue weighted by atomic mass is 9.98. The van der Waals surface area contributed by atoms with E-state index in [1.165, 1.54) is 0 Å². The Labute approximate surface area is 95.3 Å². The first-order chi connectivity index (χ1) is 7.77. The molecule has 2 nitrogen and oxygen atoms in total. The second-order valence-corrected chi connectivity index (χ2v) is 3.66. The molecule has 0 saturated heterocycles. The van der Waals surface area contributed by atoms with Crippen molar-refractivity contribution in [2.75, 3.05) is 7.11 Å². The van der Waals surface area contributed by atoms with E-state index in [0.29, 0.717) is 0 Å². The quantitative estimate of drug-likeness (QED) is 0.795. The third kappa shape index (κ3) is 1.68. The molecule has 0 heterocycles. The molecule has 1 atom stereocenters. The van der Waals surface area contributed by atoms with E-state index in [0.717, 1.165) is 22.1 Å². The van der Waals surface area contributed by atoms with Gasteiger partial charge in [0.1, 0.15) is 5.75 Å². The molecule has 2 N–H and O–H groups in total. The molecule has 2 rings (SSSR count). The van der Waals surface area contributed by atoms with E-state index >= 15 is 0 Å². The van der Waals surface area contributed by atoms with Crippen molar-refractivity contribution in [1.29, 1.82) is 0 Å². The van der Waals surface area contributed by atoms with Crippen molar-refractivity contribution >= 4 is 10.8 Å². The summed E-state index contributed by atoms with van der Waals surface area (Å²) in [6.45, 7) is 3.74. The Morgan fingerprint density at radius 2 is 2.00 bits per heavy atom. The van der Waals surface area contributed by atoms with Gasteiger partial charge >= 0.3 is 0 Å². The molecule has 0 fully saturated rings. The zero-order valence-corrected chi connectivity index (χ0v) is 9.31. The monoisotopic (exact) mass is 213 g/mol. The van der Waals surface area contributed by atoms with Gasteiger partial charge in [-0.1, -0.05) is 36.4 Å². The van der Waals surface area contributed by atoms with Crippen LogP contribution < -0.4 is 10.5 Å². The summed E-state index contributed by atoms with van der Waals surface area (Å²) in [5.41, 5.74) is 7.03. The minimum atomic E-state index is -0.207. The van der Waals surface area contributed by atoms with Crippen molar-refractivity contribution in [2.45, 2.75) is 6.04 Å². The van der Waals surface area contributed by atoms with Crippen molar-refractivity contribution in [3.8, 4) is 5.75 Å². The highest BCUT2D eigenvalue weighted by Gasteiger charge is 2.12.